The van der Waals surface area contributed by atoms with Crippen LogP contribution >= 0.6 is 11.3 Å². The van der Waals surface area contributed by atoms with Crippen molar-refractivity contribution >= 4 is 11.3 Å². The first kappa shape index (κ1) is 13.1. The van der Waals surface area contributed by atoms with Crippen LogP contribution in [0.3, 0.4) is 0 Å². The van der Waals surface area contributed by atoms with Gasteiger partial charge < -0.3 is 5.32 Å². The molecule has 2 aromatic rings. The highest BCUT2D eigenvalue weighted by atomic mass is 32.1. The molecule has 96 valence electrons. The molecule has 0 aliphatic carbocycles. The van der Waals surface area contributed by atoms with Crippen LogP contribution in [0.4, 0.5) is 8.78 Å². The molecule has 0 bridgehead atoms. The molecule has 2 rings (SSSR count). The summed E-state index contributed by atoms with van der Waals surface area (Å²) in [6.07, 6.45) is 0.802. The maximum atomic E-state index is 13.7. The van der Waals surface area contributed by atoms with E-state index in [2.05, 4.69) is 10.3 Å². The van der Waals surface area contributed by atoms with Gasteiger partial charge >= 0.3 is 0 Å². The minimum Gasteiger partial charge on any atom is -0.315 e. The predicted octanol–water partition coefficient (Wildman–Crippen LogP) is 3.37. The maximum absolute atomic E-state index is 13.7. The zero-order chi connectivity index (χ0) is 13.1. The van der Waals surface area contributed by atoms with Crippen molar-refractivity contribution in [2.75, 3.05) is 7.05 Å². The molecule has 1 aromatic carbocycles. The fourth-order valence-corrected chi connectivity index (χ4v) is 2.93. The van der Waals surface area contributed by atoms with Gasteiger partial charge in [0.1, 0.15) is 16.6 Å². The van der Waals surface area contributed by atoms with Crippen molar-refractivity contribution in [2.24, 2.45) is 0 Å². The van der Waals surface area contributed by atoms with E-state index in [-0.39, 0.29) is 0 Å². The first-order valence-electron chi connectivity index (χ1n) is 5.74. The van der Waals surface area contributed by atoms with E-state index in [0.29, 0.717) is 17.1 Å². The number of rotatable bonds is 4. The number of halogens is 2. The van der Waals surface area contributed by atoms with E-state index in [1.807, 2.05) is 14.0 Å². The zero-order valence-electron chi connectivity index (χ0n) is 10.3. The van der Waals surface area contributed by atoms with Gasteiger partial charge in [0, 0.05) is 23.1 Å². The molecule has 0 radical (unpaired) electrons. The molecular formula is C13H14F2N2S. The molecule has 0 fully saturated rings. The molecule has 0 unspecified atom stereocenters. The van der Waals surface area contributed by atoms with Crippen LogP contribution in [0.1, 0.15) is 17.5 Å². The number of aryl methyl sites for hydroxylation is 1. The molecule has 1 heterocycles. The number of hydrogen-bond donors (Lipinski definition) is 1. The minimum atomic E-state index is -0.570. The third-order valence-electron chi connectivity index (χ3n) is 2.61. The number of benzene rings is 1. The molecule has 0 saturated heterocycles. The average molecular weight is 268 g/mol. The predicted molar refractivity (Wildman–Crippen MR) is 69.6 cm³/mol. The Morgan fingerprint density at radius 3 is 2.72 bits per heavy atom. The number of nitrogens with one attached hydrogen (secondary N) is 1. The molecule has 1 aromatic heterocycles. The molecule has 5 heteroatoms. The molecule has 18 heavy (non-hydrogen) atoms. The van der Waals surface area contributed by atoms with E-state index in [4.69, 9.17) is 0 Å². The second-order valence-corrected chi connectivity index (χ2v) is 4.98. The van der Waals surface area contributed by atoms with Crippen molar-refractivity contribution in [3.63, 3.8) is 0 Å². The molecule has 0 aliphatic rings. The van der Waals surface area contributed by atoms with Gasteiger partial charge in [-0.2, -0.15) is 0 Å². The highest BCUT2D eigenvalue weighted by molar-refractivity contribution is 7.15. The Bertz CT molecular complexity index is 552. The van der Waals surface area contributed by atoms with Gasteiger partial charge in [0.15, 0.2) is 0 Å². The average Bonchev–Trinajstić information content (AvgIpc) is 2.72. The lowest BCUT2D eigenvalue weighted by atomic mass is 10.2. The summed E-state index contributed by atoms with van der Waals surface area (Å²) < 4.78 is 26.5. The lowest BCUT2D eigenvalue weighted by Crippen LogP contribution is -2.05. The summed E-state index contributed by atoms with van der Waals surface area (Å²) in [5, 5.41) is 3.67. The van der Waals surface area contributed by atoms with Gasteiger partial charge in [-0.15, -0.1) is 11.3 Å². The van der Waals surface area contributed by atoms with Crippen LogP contribution in [0.25, 0.3) is 10.6 Å². The fraction of sp³-hybridized carbons (Fsp3) is 0.308. The lowest BCUT2D eigenvalue weighted by Gasteiger charge is -1.98. The first-order valence-corrected chi connectivity index (χ1v) is 6.56. The van der Waals surface area contributed by atoms with Crippen LogP contribution < -0.4 is 5.32 Å². The van der Waals surface area contributed by atoms with E-state index in [0.717, 1.165) is 23.1 Å². The van der Waals surface area contributed by atoms with Crippen LogP contribution in [0.2, 0.25) is 0 Å². The minimum absolute atomic E-state index is 0.360. The number of aromatic nitrogens is 1. The van der Waals surface area contributed by atoms with E-state index >= 15 is 0 Å². The highest BCUT2D eigenvalue weighted by Crippen LogP contribution is 2.30. The van der Waals surface area contributed by atoms with Gasteiger partial charge in [-0.3, -0.25) is 0 Å². The van der Waals surface area contributed by atoms with Crippen LogP contribution in [-0.4, -0.2) is 12.0 Å². The third-order valence-corrected chi connectivity index (χ3v) is 3.74. The monoisotopic (exact) mass is 268 g/mol. The Balaban J connectivity index is 2.44. The van der Waals surface area contributed by atoms with Gasteiger partial charge in [-0.25, -0.2) is 13.8 Å². The van der Waals surface area contributed by atoms with Gasteiger partial charge in [-0.1, -0.05) is 6.92 Å². The maximum Gasteiger partial charge on any atom is 0.136 e. The van der Waals surface area contributed by atoms with Gasteiger partial charge in [0.05, 0.1) is 5.69 Å². The van der Waals surface area contributed by atoms with E-state index in [1.165, 1.54) is 23.5 Å². The molecule has 2 nitrogen and oxygen atoms in total. The summed E-state index contributed by atoms with van der Waals surface area (Å²) in [5.41, 5.74) is 1.33. The Kier molecular flexibility index (Phi) is 4.04. The van der Waals surface area contributed by atoms with Gasteiger partial charge in [0.25, 0.3) is 0 Å². The Morgan fingerprint density at radius 1 is 1.33 bits per heavy atom. The summed E-state index contributed by atoms with van der Waals surface area (Å²) in [6, 6.07) is 3.58. The zero-order valence-corrected chi connectivity index (χ0v) is 11.1. The third kappa shape index (κ3) is 2.57. The smallest absolute Gasteiger partial charge is 0.136 e. The van der Waals surface area contributed by atoms with Gasteiger partial charge in [0.2, 0.25) is 0 Å². The molecule has 0 atom stereocenters. The number of hydrogen-bond acceptors (Lipinski definition) is 3. The molecule has 0 spiro atoms. The molecular weight excluding hydrogens is 254 g/mol. The second-order valence-electron chi connectivity index (χ2n) is 3.90. The Labute approximate surface area is 109 Å². The molecule has 1 N–H and O–H groups in total. The molecule has 0 aliphatic heterocycles. The summed E-state index contributed by atoms with van der Waals surface area (Å²) in [4.78, 5) is 5.52. The number of thiazole rings is 1. The summed E-state index contributed by atoms with van der Waals surface area (Å²) in [7, 11) is 1.86. The SMILES string of the molecule is CCc1nc(-c2ccc(F)cc2F)sc1CNC. The van der Waals surface area contributed by atoms with Crippen LogP contribution in [0.5, 0.6) is 0 Å². The largest absolute Gasteiger partial charge is 0.315 e. The van der Waals surface area contributed by atoms with Crippen molar-refractivity contribution in [1.82, 2.24) is 10.3 Å². The Hall–Kier alpha value is -1.33. The second kappa shape index (κ2) is 5.54. The van der Waals surface area contributed by atoms with Crippen molar-refractivity contribution in [3.8, 4) is 10.6 Å². The van der Waals surface area contributed by atoms with Crippen molar-refractivity contribution in [3.05, 3.63) is 40.4 Å². The topological polar surface area (TPSA) is 24.9 Å². The van der Waals surface area contributed by atoms with Crippen molar-refractivity contribution in [2.45, 2.75) is 19.9 Å². The van der Waals surface area contributed by atoms with Crippen molar-refractivity contribution in [1.29, 1.82) is 0 Å². The normalized spacial score (nSPS) is 10.9. The summed E-state index contributed by atoms with van der Waals surface area (Å²) in [6.45, 7) is 2.72. The Morgan fingerprint density at radius 2 is 2.11 bits per heavy atom. The van der Waals surface area contributed by atoms with Crippen molar-refractivity contribution < 1.29 is 8.78 Å². The fourth-order valence-electron chi connectivity index (χ4n) is 1.74. The van der Waals surface area contributed by atoms with E-state index in [1.54, 1.807) is 0 Å². The summed E-state index contributed by atoms with van der Waals surface area (Å²) >= 11 is 1.45. The molecule has 0 saturated carbocycles. The standard InChI is InChI=1S/C13H14F2N2S/c1-3-11-12(7-16-2)18-13(17-11)9-5-4-8(14)6-10(9)15/h4-6,16H,3,7H2,1-2H3. The van der Waals surface area contributed by atoms with E-state index in [9.17, 15) is 8.78 Å². The van der Waals surface area contributed by atoms with E-state index < -0.39 is 11.6 Å². The lowest BCUT2D eigenvalue weighted by molar-refractivity contribution is 0.585. The van der Waals surface area contributed by atoms with Gasteiger partial charge in [-0.05, 0) is 25.6 Å². The van der Waals surface area contributed by atoms with Crippen LogP contribution in [-0.2, 0) is 13.0 Å². The van der Waals surface area contributed by atoms with Crippen LogP contribution in [0, 0.1) is 11.6 Å². The summed E-state index contributed by atoms with van der Waals surface area (Å²) in [5.74, 6) is -1.14. The quantitative estimate of drug-likeness (QED) is 0.919. The molecule has 0 amide bonds. The highest BCUT2D eigenvalue weighted by Gasteiger charge is 2.14. The first-order chi connectivity index (χ1) is 8.65. The van der Waals surface area contributed by atoms with Crippen LogP contribution in [0.15, 0.2) is 18.2 Å². The number of nitrogens with zero attached hydrogens (tertiary/aromatic N) is 1.